The van der Waals surface area contributed by atoms with Gasteiger partial charge < -0.3 is 19.1 Å². The summed E-state index contributed by atoms with van der Waals surface area (Å²) in [5.41, 5.74) is -0.532. The maximum absolute atomic E-state index is 13.0. The molecule has 2 aliphatic heterocycles. The lowest BCUT2D eigenvalue weighted by atomic mass is 10.00. The molecule has 0 N–H and O–H groups in total. The van der Waals surface area contributed by atoms with Crippen molar-refractivity contribution in [2.75, 3.05) is 33.0 Å². The molecule has 2 heterocycles. The molecule has 8 heteroatoms. The Morgan fingerprint density at radius 1 is 1.26 bits per heavy atom. The summed E-state index contributed by atoms with van der Waals surface area (Å²) in [6, 6.07) is 2.54. The maximum Gasteiger partial charge on any atom is 0.274 e. The Morgan fingerprint density at radius 3 is 2.70 bits per heavy atom. The molecule has 3 rings (SSSR count). The van der Waals surface area contributed by atoms with Crippen LogP contribution in [-0.2, 0) is 4.74 Å². The molecule has 23 heavy (non-hydrogen) atoms. The van der Waals surface area contributed by atoms with Gasteiger partial charge >= 0.3 is 0 Å². The van der Waals surface area contributed by atoms with Crippen molar-refractivity contribution in [2.24, 2.45) is 0 Å². The molecule has 1 saturated heterocycles. The number of amides is 1. The smallest absolute Gasteiger partial charge is 0.274 e. The number of non-ortho nitro benzene ring substituents is 1. The largest absolute Gasteiger partial charge is 0.486 e. The van der Waals surface area contributed by atoms with Gasteiger partial charge in [-0.25, -0.2) is 0 Å². The van der Waals surface area contributed by atoms with Crippen LogP contribution >= 0.6 is 0 Å². The molecule has 1 aromatic carbocycles. The highest BCUT2D eigenvalue weighted by molar-refractivity contribution is 5.99. The van der Waals surface area contributed by atoms with Gasteiger partial charge in [0.1, 0.15) is 13.2 Å². The van der Waals surface area contributed by atoms with E-state index in [4.69, 9.17) is 14.2 Å². The van der Waals surface area contributed by atoms with E-state index in [1.807, 2.05) is 13.8 Å². The summed E-state index contributed by atoms with van der Waals surface area (Å²) in [7, 11) is 0. The predicted molar refractivity (Wildman–Crippen MR) is 80.0 cm³/mol. The van der Waals surface area contributed by atoms with E-state index < -0.39 is 10.5 Å². The lowest BCUT2D eigenvalue weighted by molar-refractivity contribution is -0.385. The number of fused-ring (bicyclic) bond motifs is 1. The van der Waals surface area contributed by atoms with Gasteiger partial charge in [-0.05, 0) is 13.8 Å². The van der Waals surface area contributed by atoms with Crippen LogP contribution in [0.4, 0.5) is 5.69 Å². The molecule has 2 aliphatic rings. The monoisotopic (exact) mass is 322 g/mol. The Hall–Kier alpha value is -2.35. The SMILES string of the molecule is CC1(C)COCCN1C(=O)c1cc([N+](=O)[O-])cc2c1OCCO2. The van der Waals surface area contributed by atoms with Crippen LogP contribution in [0.1, 0.15) is 24.2 Å². The number of nitro groups is 1. The van der Waals surface area contributed by atoms with E-state index in [0.717, 1.165) is 0 Å². The van der Waals surface area contributed by atoms with Crippen LogP contribution in [0, 0.1) is 10.1 Å². The van der Waals surface area contributed by atoms with E-state index in [0.29, 0.717) is 33.0 Å². The van der Waals surface area contributed by atoms with Crippen LogP contribution in [0.2, 0.25) is 0 Å². The van der Waals surface area contributed by atoms with E-state index in [2.05, 4.69) is 0 Å². The summed E-state index contributed by atoms with van der Waals surface area (Å²) in [5.74, 6) is 0.192. The molecule has 124 valence electrons. The Bertz CT molecular complexity index is 658. The van der Waals surface area contributed by atoms with Crippen molar-refractivity contribution >= 4 is 11.6 Å². The van der Waals surface area contributed by atoms with Crippen LogP contribution in [0.5, 0.6) is 11.5 Å². The summed E-state index contributed by atoms with van der Waals surface area (Å²) in [5, 5.41) is 11.1. The molecule has 8 nitrogen and oxygen atoms in total. The number of nitro benzene ring substituents is 1. The van der Waals surface area contributed by atoms with Crippen LogP contribution in [0.25, 0.3) is 0 Å². The fraction of sp³-hybridized carbons (Fsp3) is 0.533. The molecule has 0 atom stereocenters. The minimum Gasteiger partial charge on any atom is -0.486 e. The summed E-state index contributed by atoms with van der Waals surface area (Å²) in [4.78, 5) is 25.2. The Kier molecular flexibility index (Phi) is 3.85. The molecule has 0 radical (unpaired) electrons. The van der Waals surface area contributed by atoms with Crippen LogP contribution in [0.3, 0.4) is 0 Å². The topological polar surface area (TPSA) is 91.1 Å². The van der Waals surface area contributed by atoms with Gasteiger partial charge in [0.05, 0.1) is 35.3 Å². The zero-order chi connectivity index (χ0) is 16.6. The third-order valence-corrected chi connectivity index (χ3v) is 3.96. The second kappa shape index (κ2) is 5.69. The summed E-state index contributed by atoms with van der Waals surface area (Å²) in [6.07, 6.45) is 0. The average Bonchev–Trinajstić information content (AvgIpc) is 2.52. The van der Waals surface area contributed by atoms with E-state index >= 15 is 0 Å². The molecule has 0 spiro atoms. The molecular weight excluding hydrogens is 304 g/mol. The first-order chi connectivity index (χ1) is 10.9. The standard InChI is InChI=1S/C15H18N2O6/c1-15(2)9-21-4-3-16(15)14(18)11-7-10(17(19)20)8-12-13(11)23-6-5-22-12/h7-8H,3-6,9H2,1-2H3. The second-order valence-electron chi connectivity index (χ2n) is 6.10. The highest BCUT2D eigenvalue weighted by Crippen LogP contribution is 2.39. The molecule has 1 aromatic rings. The molecule has 0 saturated carbocycles. The number of carbonyl (C=O) groups excluding carboxylic acids is 1. The van der Waals surface area contributed by atoms with Crippen LogP contribution in [0.15, 0.2) is 12.1 Å². The summed E-state index contributed by atoms with van der Waals surface area (Å²) < 4.78 is 16.4. The fourth-order valence-corrected chi connectivity index (χ4v) is 2.78. The Balaban J connectivity index is 2.05. The first-order valence-corrected chi connectivity index (χ1v) is 7.38. The number of hydrogen-bond donors (Lipinski definition) is 0. The molecule has 0 unspecified atom stereocenters. The fourth-order valence-electron chi connectivity index (χ4n) is 2.78. The van der Waals surface area contributed by atoms with Crippen molar-refractivity contribution in [3.05, 3.63) is 27.8 Å². The minimum atomic E-state index is -0.542. The Morgan fingerprint density at radius 2 is 2.00 bits per heavy atom. The van der Waals surface area contributed by atoms with E-state index in [1.165, 1.54) is 12.1 Å². The Labute approximate surface area is 133 Å². The predicted octanol–water partition coefficient (Wildman–Crippen LogP) is 1.62. The van der Waals surface area contributed by atoms with Crippen molar-refractivity contribution in [3.63, 3.8) is 0 Å². The van der Waals surface area contributed by atoms with Gasteiger partial charge in [-0.2, -0.15) is 0 Å². The van der Waals surface area contributed by atoms with Gasteiger partial charge in [0.15, 0.2) is 11.5 Å². The molecule has 1 fully saturated rings. The molecule has 0 aromatic heterocycles. The number of ether oxygens (including phenoxy) is 3. The highest BCUT2D eigenvalue weighted by Gasteiger charge is 2.37. The molecule has 0 aliphatic carbocycles. The number of hydrogen-bond acceptors (Lipinski definition) is 6. The highest BCUT2D eigenvalue weighted by atomic mass is 16.6. The zero-order valence-electron chi connectivity index (χ0n) is 13.0. The minimum absolute atomic E-state index is 0.156. The maximum atomic E-state index is 13.0. The van der Waals surface area contributed by atoms with Gasteiger partial charge in [-0.15, -0.1) is 0 Å². The third kappa shape index (κ3) is 2.81. The molecule has 1 amide bonds. The first-order valence-electron chi connectivity index (χ1n) is 7.38. The van der Waals surface area contributed by atoms with Gasteiger partial charge in [-0.1, -0.05) is 0 Å². The molecule has 0 bridgehead atoms. The van der Waals surface area contributed by atoms with E-state index in [9.17, 15) is 14.9 Å². The van der Waals surface area contributed by atoms with Gasteiger partial charge in [0.2, 0.25) is 0 Å². The quantitative estimate of drug-likeness (QED) is 0.607. The number of rotatable bonds is 2. The number of nitrogens with zero attached hydrogens (tertiary/aromatic N) is 2. The number of carbonyl (C=O) groups is 1. The van der Waals surface area contributed by atoms with Crippen molar-refractivity contribution in [2.45, 2.75) is 19.4 Å². The van der Waals surface area contributed by atoms with Crippen molar-refractivity contribution in [3.8, 4) is 11.5 Å². The first kappa shape index (κ1) is 15.5. The van der Waals surface area contributed by atoms with Gasteiger partial charge in [0, 0.05) is 12.6 Å². The van der Waals surface area contributed by atoms with E-state index in [1.54, 1.807) is 4.90 Å². The van der Waals surface area contributed by atoms with Crippen LogP contribution < -0.4 is 9.47 Å². The number of benzene rings is 1. The third-order valence-electron chi connectivity index (χ3n) is 3.96. The summed E-state index contributed by atoms with van der Waals surface area (Å²) in [6.45, 7) is 5.65. The normalized spacial score (nSPS) is 19.3. The average molecular weight is 322 g/mol. The van der Waals surface area contributed by atoms with Gasteiger partial charge in [0.25, 0.3) is 11.6 Å². The van der Waals surface area contributed by atoms with Crippen molar-refractivity contribution in [1.82, 2.24) is 4.90 Å². The lowest BCUT2D eigenvalue weighted by Crippen LogP contribution is -2.55. The lowest BCUT2D eigenvalue weighted by Gasteiger charge is -2.42. The van der Waals surface area contributed by atoms with Crippen molar-refractivity contribution < 1.29 is 23.9 Å². The molecular formula is C15H18N2O6. The summed E-state index contributed by atoms with van der Waals surface area (Å²) >= 11 is 0. The second-order valence-corrected chi connectivity index (χ2v) is 6.10. The number of morpholine rings is 1. The van der Waals surface area contributed by atoms with Crippen LogP contribution in [-0.4, -0.2) is 54.2 Å². The van der Waals surface area contributed by atoms with E-state index in [-0.39, 0.29) is 28.7 Å². The zero-order valence-corrected chi connectivity index (χ0v) is 13.0. The van der Waals surface area contributed by atoms with Gasteiger partial charge in [-0.3, -0.25) is 14.9 Å². The van der Waals surface area contributed by atoms with Crippen molar-refractivity contribution in [1.29, 1.82) is 0 Å².